The predicted molar refractivity (Wildman–Crippen MR) is 91.4 cm³/mol. The highest BCUT2D eigenvalue weighted by Gasteiger charge is 2.39. The van der Waals surface area contributed by atoms with Crippen LogP contribution in [0, 0.1) is 11.8 Å². The number of carbonyl (C=O) groups is 3. The van der Waals surface area contributed by atoms with E-state index in [-0.39, 0.29) is 23.7 Å². The maximum Gasteiger partial charge on any atom is 0.326 e. The summed E-state index contributed by atoms with van der Waals surface area (Å²) in [5, 5.41) is 11.5. The van der Waals surface area contributed by atoms with Gasteiger partial charge < -0.3 is 15.3 Å². The van der Waals surface area contributed by atoms with Crippen molar-refractivity contribution in [3.05, 3.63) is 0 Å². The summed E-state index contributed by atoms with van der Waals surface area (Å²) in [4.78, 5) is 37.7. The van der Waals surface area contributed by atoms with Gasteiger partial charge in [0, 0.05) is 6.54 Å². The van der Waals surface area contributed by atoms with E-state index in [1.807, 2.05) is 27.7 Å². The van der Waals surface area contributed by atoms with Crippen molar-refractivity contribution in [2.75, 3.05) is 6.54 Å². The van der Waals surface area contributed by atoms with E-state index in [1.165, 1.54) is 4.90 Å². The average molecular weight is 344 g/mol. The molecule has 0 bridgehead atoms. The number of nitrogens with zero attached hydrogens (tertiary/aromatic N) is 1. The summed E-state index contributed by atoms with van der Waals surface area (Å²) < 4.78 is 0. The average Bonchev–Trinajstić information content (AvgIpc) is 2.99. The number of amides is 2. The first kappa shape index (κ1) is 19.8. The molecule has 0 saturated carbocycles. The Balaban J connectivity index is 2.84. The molecule has 132 valence electrons. The largest absolute Gasteiger partial charge is 0.480 e. The molecule has 1 saturated heterocycles. The fourth-order valence-electron chi connectivity index (χ4n) is 2.70. The quantitative estimate of drug-likeness (QED) is 0.612. The molecule has 0 aliphatic carbocycles. The number of thiol groups is 1. The molecule has 1 fully saturated rings. The van der Waals surface area contributed by atoms with E-state index in [4.69, 9.17) is 0 Å². The number of carboxylic acid groups (broad SMARTS) is 1. The predicted octanol–water partition coefficient (Wildman–Crippen LogP) is 1.55. The van der Waals surface area contributed by atoms with Crippen LogP contribution in [0.1, 0.15) is 47.0 Å². The lowest BCUT2D eigenvalue weighted by molar-refractivity contribution is -0.149. The van der Waals surface area contributed by atoms with Crippen molar-refractivity contribution >= 4 is 30.4 Å². The fourth-order valence-corrected chi connectivity index (χ4v) is 2.99. The Morgan fingerprint density at radius 3 is 2.39 bits per heavy atom. The first-order valence-corrected chi connectivity index (χ1v) is 8.74. The van der Waals surface area contributed by atoms with Crippen LogP contribution in [0.4, 0.5) is 0 Å². The molecule has 23 heavy (non-hydrogen) atoms. The number of aliphatic carboxylic acids is 1. The van der Waals surface area contributed by atoms with Crippen LogP contribution in [0.15, 0.2) is 0 Å². The first-order chi connectivity index (χ1) is 10.7. The number of hydrogen-bond donors (Lipinski definition) is 3. The van der Waals surface area contributed by atoms with Crippen LogP contribution in [0.3, 0.4) is 0 Å². The summed E-state index contributed by atoms with van der Waals surface area (Å²) in [6.07, 6.45) is 1.94. The van der Waals surface area contributed by atoms with Crippen LogP contribution in [-0.2, 0) is 14.4 Å². The molecule has 0 aromatic heterocycles. The van der Waals surface area contributed by atoms with Gasteiger partial charge in [-0.15, -0.1) is 0 Å². The zero-order chi connectivity index (χ0) is 17.7. The van der Waals surface area contributed by atoms with Crippen LogP contribution >= 0.6 is 12.6 Å². The summed E-state index contributed by atoms with van der Waals surface area (Å²) in [5.74, 6) is -1.61. The Labute approximate surface area is 143 Å². The van der Waals surface area contributed by atoms with Gasteiger partial charge in [-0.1, -0.05) is 34.1 Å². The van der Waals surface area contributed by atoms with Gasteiger partial charge in [0.25, 0.3) is 0 Å². The molecule has 2 amide bonds. The monoisotopic (exact) mass is 344 g/mol. The first-order valence-electron chi connectivity index (χ1n) is 8.22. The van der Waals surface area contributed by atoms with Gasteiger partial charge in [-0.3, -0.25) is 9.59 Å². The van der Waals surface area contributed by atoms with E-state index in [0.717, 1.165) is 6.42 Å². The van der Waals surface area contributed by atoms with Gasteiger partial charge in [-0.05, 0) is 24.7 Å². The van der Waals surface area contributed by atoms with Crippen LogP contribution in [0.2, 0.25) is 0 Å². The molecular formula is C16H28N2O4S. The fraction of sp³-hybridized carbons (Fsp3) is 0.812. The topological polar surface area (TPSA) is 86.7 Å². The Morgan fingerprint density at radius 2 is 1.91 bits per heavy atom. The second kappa shape index (κ2) is 8.57. The van der Waals surface area contributed by atoms with Gasteiger partial charge >= 0.3 is 5.97 Å². The van der Waals surface area contributed by atoms with E-state index in [1.54, 1.807) is 0 Å². The lowest BCUT2D eigenvalue weighted by Gasteiger charge is -2.30. The number of likely N-dealkylation sites (tertiary alicyclic amines) is 1. The van der Waals surface area contributed by atoms with Crippen molar-refractivity contribution in [1.29, 1.82) is 0 Å². The van der Waals surface area contributed by atoms with Crippen LogP contribution in [0.5, 0.6) is 0 Å². The summed E-state index contributed by atoms with van der Waals surface area (Å²) in [7, 11) is 0. The van der Waals surface area contributed by atoms with Crippen molar-refractivity contribution in [3.8, 4) is 0 Å². The normalized spacial score (nSPS) is 21.8. The van der Waals surface area contributed by atoms with Crippen molar-refractivity contribution in [3.63, 3.8) is 0 Å². The second-order valence-corrected chi connectivity index (χ2v) is 7.14. The Morgan fingerprint density at radius 1 is 1.30 bits per heavy atom. The van der Waals surface area contributed by atoms with Crippen molar-refractivity contribution in [2.24, 2.45) is 11.8 Å². The zero-order valence-corrected chi connectivity index (χ0v) is 15.2. The summed E-state index contributed by atoms with van der Waals surface area (Å²) >= 11 is 4.34. The minimum atomic E-state index is -0.989. The highest BCUT2D eigenvalue weighted by Crippen LogP contribution is 2.21. The molecule has 0 spiro atoms. The summed E-state index contributed by atoms with van der Waals surface area (Å²) in [6.45, 7) is 8.01. The molecule has 7 heteroatoms. The molecule has 0 radical (unpaired) electrons. The third-order valence-corrected chi connectivity index (χ3v) is 5.25. The lowest BCUT2D eigenvalue weighted by Crippen LogP contribution is -2.55. The van der Waals surface area contributed by atoms with E-state index in [9.17, 15) is 19.5 Å². The molecule has 1 heterocycles. The number of rotatable bonds is 7. The third kappa shape index (κ3) is 4.86. The van der Waals surface area contributed by atoms with E-state index >= 15 is 0 Å². The number of hydrogen-bond acceptors (Lipinski definition) is 4. The highest BCUT2D eigenvalue weighted by atomic mass is 32.1. The minimum Gasteiger partial charge on any atom is -0.480 e. The number of carbonyl (C=O) groups excluding carboxylic acids is 2. The van der Waals surface area contributed by atoms with Crippen LogP contribution in [0.25, 0.3) is 0 Å². The Bertz CT molecular complexity index is 455. The van der Waals surface area contributed by atoms with Gasteiger partial charge in [0.15, 0.2) is 0 Å². The van der Waals surface area contributed by atoms with Crippen LogP contribution < -0.4 is 5.32 Å². The van der Waals surface area contributed by atoms with Crippen molar-refractivity contribution in [2.45, 2.75) is 64.3 Å². The maximum atomic E-state index is 12.7. The molecule has 1 aliphatic rings. The van der Waals surface area contributed by atoms with Gasteiger partial charge in [0.05, 0.1) is 5.25 Å². The molecular weight excluding hydrogens is 316 g/mol. The van der Waals surface area contributed by atoms with Gasteiger partial charge in [-0.2, -0.15) is 12.6 Å². The Hall–Kier alpha value is -1.24. The molecule has 0 aromatic rings. The lowest BCUT2D eigenvalue weighted by atomic mass is 10.00. The van der Waals surface area contributed by atoms with Gasteiger partial charge in [-0.25, -0.2) is 4.79 Å². The second-order valence-electron chi connectivity index (χ2n) is 6.59. The van der Waals surface area contributed by atoms with Gasteiger partial charge in [0.2, 0.25) is 11.8 Å². The third-order valence-electron chi connectivity index (χ3n) is 4.50. The number of carboxylic acids is 1. The SMILES string of the molecule is CCC(C)[C@H](S)C(=O)N[C@H](C(=O)N1CCC[C@H]1C(=O)O)C(C)C. The molecule has 1 rings (SSSR count). The van der Waals surface area contributed by atoms with E-state index < -0.39 is 23.3 Å². The molecule has 0 aromatic carbocycles. The van der Waals surface area contributed by atoms with Crippen LogP contribution in [-0.4, -0.2) is 51.7 Å². The summed E-state index contributed by atoms with van der Waals surface area (Å²) in [6, 6.07) is -1.51. The van der Waals surface area contributed by atoms with E-state index in [0.29, 0.717) is 19.4 Å². The zero-order valence-electron chi connectivity index (χ0n) is 14.3. The molecule has 1 unspecified atom stereocenters. The molecule has 1 aliphatic heterocycles. The number of nitrogens with one attached hydrogen (secondary N) is 1. The molecule has 4 atom stereocenters. The van der Waals surface area contributed by atoms with E-state index in [2.05, 4.69) is 17.9 Å². The Kier molecular flexibility index (Phi) is 7.38. The minimum absolute atomic E-state index is 0.0970. The molecule has 2 N–H and O–H groups in total. The maximum absolute atomic E-state index is 12.7. The highest BCUT2D eigenvalue weighted by molar-refractivity contribution is 7.81. The van der Waals surface area contributed by atoms with Crippen molar-refractivity contribution in [1.82, 2.24) is 10.2 Å². The standard InChI is InChI=1S/C16H28N2O4S/c1-5-10(4)13(23)14(19)17-12(9(2)3)15(20)18-8-6-7-11(18)16(21)22/h9-13,23H,5-8H2,1-4H3,(H,17,19)(H,21,22)/t10?,11-,12-,13-/m0/s1. The summed E-state index contributed by atoms with van der Waals surface area (Å²) in [5.41, 5.74) is 0. The van der Waals surface area contributed by atoms with Crippen molar-refractivity contribution < 1.29 is 19.5 Å². The van der Waals surface area contributed by atoms with Gasteiger partial charge in [0.1, 0.15) is 12.1 Å². The molecule has 6 nitrogen and oxygen atoms in total. The smallest absolute Gasteiger partial charge is 0.326 e.